The average Bonchev–Trinajstić information content (AvgIpc) is 2.93. The van der Waals surface area contributed by atoms with Crippen LogP contribution >= 0.6 is 0 Å². The molecule has 0 aliphatic carbocycles. The molecule has 5 nitrogen and oxygen atoms in total. The van der Waals surface area contributed by atoms with E-state index in [2.05, 4.69) is 21.7 Å². The zero-order valence-electron chi connectivity index (χ0n) is 12.0. The van der Waals surface area contributed by atoms with Gasteiger partial charge in [0.2, 0.25) is 0 Å². The van der Waals surface area contributed by atoms with Crippen LogP contribution in [-0.4, -0.2) is 24.1 Å². The van der Waals surface area contributed by atoms with E-state index in [1.807, 2.05) is 43.5 Å². The van der Waals surface area contributed by atoms with Crippen LogP contribution in [0.15, 0.2) is 42.6 Å². The number of nitrogens with one attached hydrogen (secondary N) is 2. The highest BCUT2D eigenvalue weighted by molar-refractivity contribution is 5.94. The van der Waals surface area contributed by atoms with Gasteiger partial charge in [0.05, 0.1) is 12.2 Å². The first-order chi connectivity index (χ1) is 10.2. The number of aryl methyl sites for hydroxylation is 1. The second-order valence-corrected chi connectivity index (χ2v) is 5.11. The minimum Gasteiger partial charge on any atom is -0.379 e. The van der Waals surface area contributed by atoms with Gasteiger partial charge in [-0.25, -0.2) is 4.79 Å². The molecule has 0 unspecified atom stereocenters. The Labute approximate surface area is 124 Å². The van der Waals surface area contributed by atoms with Gasteiger partial charge in [-0.15, -0.1) is 0 Å². The Bertz CT molecular complexity index is 639. The first kappa shape index (κ1) is 13.4. The number of amides is 2. The van der Waals surface area contributed by atoms with Gasteiger partial charge in [0.15, 0.2) is 0 Å². The standard InChI is InChI=1S/C16H18N4O/c1-12-5-6-14(18-10-12)11-19-13-3-2-4-15(9-13)20-8-7-17-16(20)21/h2-6,9-10,19H,7-8,11H2,1H3,(H,17,21). The Morgan fingerprint density at radius 1 is 1.33 bits per heavy atom. The van der Waals surface area contributed by atoms with E-state index in [1.165, 1.54) is 0 Å². The molecular formula is C16H18N4O. The fraction of sp³-hybridized carbons (Fsp3) is 0.250. The van der Waals surface area contributed by atoms with E-state index in [4.69, 9.17) is 0 Å². The summed E-state index contributed by atoms with van der Waals surface area (Å²) in [6.07, 6.45) is 1.86. The van der Waals surface area contributed by atoms with Crippen molar-refractivity contribution in [1.82, 2.24) is 10.3 Å². The van der Waals surface area contributed by atoms with Crippen molar-refractivity contribution in [3.05, 3.63) is 53.9 Å². The number of rotatable bonds is 4. The van der Waals surface area contributed by atoms with Gasteiger partial charge < -0.3 is 10.6 Å². The second-order valence-electron chi connectivity index (χ2n) is 5.11. The van der Waals surface area contributed by atoms with Crippen LogP contribution in [0, 0.1) is 6.92 Å². The molecule has 1 aromatic heterocycles. The lowest BCUT2D eigenvalue weighted by molar-refractivity contribution is 0.252. The number of aromatic nitrogens is 1. The van der Waals surface area contributed by atoms with Crippen LogP contribution in [0.3, 0.4) is 0 Å². The summed E-state index contributed by atoms with van der Waals surface area (Å²) in [7, 11) is 0. The molecule has 1 aliphatic rings. The number of hydrogen-bond donors (Lipinski definition) is 2. The van der Waals surface area contributed by atoms with Crippen molar-refractivity contribution >= 4 is 17.4 Å². The van der Waals surface area contributed by atoms with E-state index >= 15 is 0 Å². The summed E-state index contributed by atoms with van der Waals surface area (Å²) in [6, 6.07) is 11.9. The molecule has 0 saturated carbocycles. The number of nitrogens with zero attached hydrogens (tertiary/aromatic N) is 2. The highest BCUT2D eigenvalue weighted by Gasteiger charge is 2.20. The molecule has 0 spiro atoms. The largest absolute Gasteiger partial charge is 0.379 e. The molecule has 2 amide bonds. The fourth-order valence-electron chi connectivity index (χ4n) is 2.30. The van der Waals surface area contributed by atoms with Gasteiger partial charge in [-0.1, -0.05) is 12.1 Å². The molecular weight excluding hydrogens is 264 g/mol. The van der Waals surface area contributed by atoms with Crippen LogP contribution in [0.4, 0.5) is 16.2 Å². The molecule has 108 valence electrons. The van der Waals surface area contributed by atoms with E-state index in [0.29, 0.717) is 19.6 Å². The average molecular weight is 282 g/mol. The van der Waals surface area contributed by atoms with Gasteiger partial charge in [0, 0.05) is 30.7 Å². The van der Waals surface area contributed by atoms with Gasteiger partial charge in [-0.05, 0) is 36.8 Å². The summed E-state index contributed by atoms with van der Waals surface area (Å²) in [5.41, 5.74) is 4.03. The molecule has 2 aromatic rings. The Morgan fingerprint density at radius 2 is 2.24 bits per heavy atom. The molecule has 1 saturated heterocycles. The molecule has 1 aromatic carbocycles. The summed E-state index contributed by atoms with van der Waals surface area (Å²) < 4.78 is 0. The molecule has 2 N–H and O–H groups in total. The molecule has 3 rings (SSSR count). The summed E-state index contributed by atoms with van der Waals surface area (Å²) in [5, 5.41) is 6.15. The van der Waals surface area contributed by atoms with Crippen molar-refractivity contribution in [1.29, 1.82) is 0 Å². The monoisotopic (exact) mass is 282 g/mol. The number of hydrogen-bond acceptors (Lipinski definition) is 3. The normalized spacial score (nSPS) is 14.1. The number of urea groups is 1. The number of carbonyl (C=O) groups is 1. The Morgan fingerprint density at radius 3 is 2.95 bits per heavy atom. The lowest BCUT2D eigenvalue weighted by atomic mass is 10.2. The zero-order chi connectivity index (χ0) is 14.7. The first-order valence-corrected chi connectivity index (χ1v) is 7.03. The van der Waals surface area contributed by atoms with E-state index in [0.717, 1.165) is 22.6 Å². The maximum absolute atomic E-state index is 11.7. The van der Waals surface area contributed by atoms with Gasteiger partial charge in [-0.3, -0.25) is 9.88 Å². The fourth-order valence-corrected chi connectivity index (χ4v) is 2.30. The molecule has 1 fully saturated rings. The Hall–Kier alpha value is -2.56. The highest BCUT2D eigenvalue weighted by atomic mass is 16.2. The SMILES string of the molecule is Cc1ccc(CNc2cccc(N3CCNC3=O)c2)nc1. The highest BCUT2D eigenvalue weighted by Crippen LogP contribution is 2.21. The number of carbonyl (C=O) groups excluding carboxylic acids is 1. The van der Waals surface area contributed by atoms with Crippen molar-refractivity contribution in [2.45, 2.75) is 13.5 Å². The lowest BCUT2D eigenvalue weighted by Crippen LogP contribution is -2.27. The molecule has 21 heavy (non-hydrogen) atoms. The van der Waals surface area contributed by atoms with Crippen molar-refractivity contribution in [2.24, 2.45) is 0 Å². The van der Waals surface area contributed by atoms with Crippen molar-refractivity contribution < 1.29 is 4.79 Å². The molecule has 0 radical (unpaired) electrons. The predicted octanol–water partition coefficient (Wildman–Crippen LogP) is 2.53. The van der Waals surface area contributed by atoms with Crippen molar-refractivity contribution in [2.75, 3.05) is 23.3 Å². The number of benzene rings is 1. The van der Waals surface area contributed by atoms with Gasteiger partial charge in [0.1, 0.15) is 0 Å². The molecule has 0 bridgehead atoms. The van der Waals surface area contributed by atoms with Crippen LogP contribution in [0.2, 0.25) is 0 Å². The summed E-state index contributed by atoms with van der Waals surface area (Å²) in [5.74, 6) is 0. The third kappa shape index (κ3) is 3.13. The molecule has 0 atom stereocenters. The van der Waals surface area contributed by atoms with E-state index in [1.54, 1.807) is 4.90 Å². The number of pyridine rings is 1. The second kappa shape index (κ2) is 5.83. The molecule has 2 heterocycles. The smallest absolute Gasteiger partial charge is 0.321 e. The molecule has 1 aliphatic heterocycles. The van der Waals surface area contributed by atoms with Gasteiger partial charge in [0.25, 0.3) is 0 Å². The first-order valence-electron chi connectivity index (χ1n) is 7.03. The quantitative estimate of drug-likeness (QED) is 0.906. The number of anilines is 2. The summed E-state index contributed by atoms with van der Waals surface area (Å²) in [4.78, 5) is 17.8. The lowest BCUT2D eigenvalue weighted by Gasteiger charge is -2.15. The van der Waals surface area contributed by atoms with E-state index in [9.17, 15) is 4.79 Å². The van der Waals surface area contributed by atoms with Crippen LogP contribution in [0.5, 0.6) is 0 Å². The zero-order valence-corrected chi connectivity index (χ0v) is 12.0. The van der Waals surface area contributed by atoms with Crippen molar-refractivity contribution in [3.8, 4) is 0 Å². The third-order valence-electron chi connectivity index (χ3n) is 3.46. The van der Waals surface area contributed by atoms with Gasteiger partial charge in [-0.2, -0.15) is 0 Å². The van der Waals surface area contributed by atoms with Crippen LogP contribution in [0.1, 0.15) is 11.3 Å². The Balaban J connectivity index is 1.68. The van der Waals surface area contributed by atoms with Gasteiger partial charge >= 0.3 is 6.03 Å². The van der Waals surface area contributed by atoms with Crippen LogP contribution < -0.4 is 15.5 Å². The third-order valence-corrected chi connectivity index (χ3v) is 3.46. The minimum atomic E-state index is -0.0349. The summed E-state index contributed by atoms with van der Waals surface area (Å²) >= 11 is 0. The maximum atomic E-state index is 11.7. The van der Waals surface area contributed by atoms with Crippen LogP contribution in [0.25, 0.3) is 0 Å². The Kier molecular flexibility index (Phi) is 3.73. The van der Waals surface area contributed by atoms with E-state index in [-0.39, 0.29) is 6.03 Å². The van der Waals surface area contributed by atoms with Crippen LogP contribution in [-0.2, 0) is 6.54 Å². The maximum Gasteiger partial charge on any atom is 0.321 e. The summed E-state index contributed by atoms with van der Waals surface area (Å²) in [6.45, 7) is 4.09. The predicted molar refractivity (Wildman–Crippen MR) is 83.5 cm³/mol. The van der Waals surface area contributed by atoms with Crippen molar-refractivity contribution in [3.63, 3.8) is 0 Å². The molecule has 5 heteroatoms. The topological polar surface area (TPSA) is 57.3 Å². The van der Waals surface area contributed by atoms with E-state index < -0.39 is 0 Å². The minimum absolute atomic E-state index is 0.0349.